The summed E-state index contributed by atoms with van der Waals surface area (Å²) in [6.45, 7) is 0.916. The zero-order valence-electron chi connectivity index (χ0n) is 13.3. The van der Waals surface area contributed by atoms with Gasteiger partial charge in [0.2, 0.25) is 0 Å². The van der Waals surface area contributed by atoms with Gasteiger partial charge in [-0.1, -0.05) is 12.1 Å². The van der Waals surface area contributed by atoms with E-state index in [2.05, 4.69) is 17.4 Å². The van der Waals surface area contributed by atoms with Gasteiger partial charge in [0.1, 0.15) is 5.75 Å². The van der Waals surface area contributed by atoms with E-state index in [9.17, 15) is 5.11 Å². The average molecular weight is 336 g/mol. The van der Waals surface area contributed by atoms with Gasteiger partial charge in [-0.3, -0.25) is 0 Å². The lowest BCUT2D eigenvalue weighted by molar-refractivity contribution is 0.370. The minimum atomic E-state index is 0. The Hall–Kier alpha value is -1.91. The summed E-state index contributed by atoms with van der Waals surface area (Å²) in [5.41, 5.74) is 3.64. The molecule has 4 nitrogen and oxygen atoms in total. The van der Waals surface area contributed by atoms with Crippen molar-refractivity contribution in [3.63, 3.8) is 0 Å². The third-order valence-corrected chi connectivity index (χ3v) is 4.20. The highest BCUT2D eigenvalue weighted by atomic mass is 35.5. The quantitative estimate of drug-likeness (QED) is 0.900. The number of phenols is 1. The lowest BCUT2D eigenvalue weighted by atomic mass is 9.90. The van der Waals surface area contributed by atoms with E-state index in [0.29, 0.717) is 5.75 Å². The Morgan fingerprint density at radius 3 is 2.52 bits per heavy atom. The summed E-state index contributed by atoms with van der Waals surface area (Å²) in [6.07, 6.45) is 1.82. The zero-order valence-corrected chi connectivity index (χ0v) is 14.2. The second-order valence-corrected chi connectivity index (χ2v) is 5.53. The molecular formula is C18H22ClNO3. The van der Waals surface area contributed by atoms with Crippen molar-refractivity contribution < 1.29 is 14.6 Å². The molecular weight excluding hydrogens is 314 g/mol. The molecule has 23 heavy (non-hydrogen) atoms. The first-order valence-corrected chi connectivity index (χ1v) is 7.47. The Balaban J connectivity index is 0.00000192. The monoisotopic (exact) mass is 335 g/mol. The van der Waals surface area contributed by atoms with Gasteiger partial charge in [-0.2, -0.15) is 0 Å². The molecule has 0 saturated carbocycles. The van der Waals surface area contributed by atoms with E-state index in [0.717, 1.165) is 25.1 Å². The molecule has 124 valence electrons. The van der Waals surface area contributed by atoms with Gasteiger partial charge in [-0.25, -0.2) is 0 Å². The third kappa shape index (κ3) is 3.71. The summed E-state index contributed by atoms with van der Waals surface area (Å²) in [5, 5.41) is 13.5. The van der Waals surface area contributed by atoms with Crippen LogP contribution in [0.2, 0.25) is 0 Å². The number of phenolic OH excluding ortho intramolecular Hbond substituents is 1. The molecule has 0 aliphatic carbocycles. The molecule has 0 saturated heterocycles. The minimum absolute atomic E-state index is 0. The lowest BCUT2D eigenvalue weighted by Crippen LogP contribution is -2.31. The second kappa shape index (κ2) is 7.57. The number of hydrogen-bond donors (Lipinski definition) is 2. The maximum absolute atomic E-state index is 9.94. The topological polar surface area (TPSA) is 50.7 Å². The van der Waals surface area contributed by atoms with Gasteiger partial charge in [-0.05, 0) is 60.3 Å². The number of aromatic hydroxyl groups is 1. The molecule has 1 aliphatic rings. The number of benzene rings is 2. The number of nitrogens with one attached hydrogen (secondary N) is 1. The highest BCUT2D eigenvalue weighted by molar-refractivity contribution is 5.85. The van der Waals surface area contributed by atoms with Crippen molar-refractivity contribution in [2.24, 2.45) is 0 Å². The third-order valence-electron chi connectivity index (χ3n) is 4.20. The number of methoxy groups -OCH3 is 2. The van der Waals surface area contributed by atoms with Gasteiger partial charge in [0.05, 0.1) is 14.2 Å². The zero-order chi connectivity index (χ0) is 15.5. The van der Waals surface area contributed by atoms with Crippen molar-refractivity contribution in [3.8, 4) is 17.2 Å². The van der Waals surface area contributed by atoms with Gasteiger partial charge in [-0.15, -0.1) is 12.4 Å². The normalized spacial score (nSPS) is 16.2. The summed E-state index contributed by atoms with van der Waals surface area (Å²) in [6, 6.07) is 12.2. The van der Waals surface area contributed by atoms with Crippen LogP contribution in [0.25, 0.3) is 0 Å². The predicted octanol–water partition coefficient (Wildman–Crippen LogP) is 3.26. The van der Waals surface area contributed by atoms with Gasteiger partial charge in [0, 0.05) is 6.04 Å². The van der Waals surface area contributed by atoms with Crippen molar-refractivity contribution in [1.29, 1.82) is 0 Å². The number of rotatable bonds is 4. The van der Waals surface area contributed by atoms with Crippen molar-refractivity contribution in [2.45, 2.75) is 18.9 Å². The Bertz CT molecular complexity index is 658. The van der Waals surface area contributed by atoms with E-state index in [1.54, 1.807) is 14.2 Å². The molecule has 0 bridgehead atoms. The first kappa shape index (κ1) is 17.4. The SMILES string of the molecule is COc1ccc(C[C@@H]2NCCc3cc(O)c(OC)cc32)cc1.Cl. The summed E-state index contributed by atoms with van der Waals surface area (Å²) in [7, 11) is 3.25. The van der Waals surface area contributed by atoms with Crippen molar-refractivity contribution in [2.75, 3.05) is 20.8 Å². The molecule has 1 heterocycles. The van der Waals surface area contributed by atoms with Crippen LogP contribution in [0.4, 0.5) is 0 Å². The maximum atomic E-state index is 9.94. The van der Waals surface area contributed by atoms with E-state index in [4.69, 9.17) is 9.47 Å². The van der Waals surface area contributed by atoms with E-state index in [1.807, 2.05) is 24.3 Å². The molecule has 2 aromatic rings. The molecule has 5 heteroatoms. The molecule has 1 aliphatic heterocycles. The van der Waals surface area contributed by atoms with Crippen LogP contribution in [0.3, 0.4) is 0 Å². The van der Waals surface area contributed by atoms with Crippen molar-refractivity contribution in [1.82, 2.24) is 5.32 Å². The van der Waals surface area contributed by atoms with E-state index in [-0.39, 0.29) is 24.2 Å². The van der Waals surface area contributed by atoms with Crippen LogP contribution in [-0.2, 0) is 12.8 Å². The van der Waals surface area contributed by atoms with Gasteiger partial charge >= 0.3 is 0 Å². The van der Waals surface area contributed by atoms with Crippen LogP contribution in [-0.4, -0.2) is 25.9 Å². The van der Waals surface area contributed by atoms with Crippen molar-refractivity contribution in [3.05, 3.63) is 53.1 Å². The van der Waals surface area contributed by atoms with Crippen LogP contribution in [0.5, 0.6) is 17.2 Å². The van der Waals surface area contributed by atoms with Crippen LogP contribution in [0.15, 0.2) is 36.4 Å². The van der Waals surface area contributed by atoms with Gasteiger partial charge < -0.3 is 19.9 Å². The number of ether oxygens (including phenoxy) is 2. The van der Waals surface area contributed by atoms with Crippen molar-refractivity contribution >= 4 is 12.4 Å². The first-order valence-electron chi connectivity index (χ1n) is 7.47. The Morgan fingerprint density at radius 2 is 1.87 bits per heavy atom. The van der Waals surface area contributed by atoms with Gasteiger partial charge in [0.15, 0.2) is 11.5 Å². The molecule has 0 fully saturated rings. The minimum Gasteiger partial charge on any atom is -0.504 e. The fourth-order valence-electron chi connectivity index (χ4n) is 3.00. The number of halogens is 1. The Labute approximate surface area is 142 Å². The Kier molecular flexibility index (Phi) is 5.74. The number of hydrogen-bond acceptors (Lipinski definition) is 4. The molecule has 2 N–H and O–H groups in total. The summed E-state index contributed by atoms with van der Waals surface area (Å²) in [4.78, 5) is 0. The molecule has 0 spiro atoms. The first-order chi connectivity index (χ1) is 10.7. The van der Waals surface area contributed by atoms with E-state index < -0.39 is 0 Å². The second-order valence-electron chi connectivity index (χ2n) is 5.53. The summed E-state index contributed by atoms with van der Waals surface area (Å²) in [5.74, 6) is 1.61. The molecule has 0 amide bonds. The lowest BCUT2D eigenvalue weighted by Gasteiger charge is -2.28. The van der Waals surface area contributed by atoms with Crippen LogP contribution >= 0.6 is 12.4 Å². The van der Waals surface area contributed by atoms with E-state index >= 15 is 0 Å². The molecule has 1 atom stereocenters. The van der Waals surface area contributed by atoms with Crippen LogP contribution < -0.4 is 14.8 Å². The van der Waals surface area contributed by atoms with Crippen LogP contribution in [0.1, 0.15) is 22.7 Å². The fraction of sp³-hybridized carbons (Fsp3) is 0.333. The summed E-state index contributed by atoms with van der Waals surface area (Å²) >= 11 is 0. The highest BCUT2D eigenvalue weighted by Crippen LogP contribution is 2.35. The number of fused-ring (bicyclic) bond motifs is 1. The Morgan fingerprint density at radius 1 is 1.13 bits per heavy atom. The largest absolute Gasteiger partial charge is 0.504 e. The maximum Gasteiger partial charge on any atom is 0.160 e. The smallest absolute Gasteiger partial charge is 0.160 e. The average Bonchev–Trinajstić information content (AvgIpc) is 2.55. The van der Waals surface area contributed by atoms with E-state index in [1.165, 1.54) is 16.7 Å². The van der Waals surface area contributed by atoms with Gasteiger partial charge in [0.25, 0.3) is 0 Å². The predicted molar refractivity (Wildman–Crippen MR) is 93.1 cm³/mol. The molecule has 0 radical (unpaired) electrons. The molecule has 2 aromatic carbocycles. The fourth-order valence-corrected chi connectivity index (χ4v) is 3.00. The molecule has 0 unspecified atom stereocenters. The summed E-state index contributed by atoms with van der Waals surface area (Å²) < 4.78 is 10.4. The molecule has 3 rings (SSSR count). The standard InChI is InChI=1S/C18H21NO3.ClH/c1-21-14-5-3-12(4-6-14)9-16-15-11-18(22-2)17(20)10-13(15)7-8-19-16;/h3-6,10-11,16,19-20H,7-9H2,1-2H3;1H/t16-;/m0./s1. The van der Waals surface area contributed by atoms with Crippen LogP contribution in [0, 0.1) is 0 Å². The highest BCUT2D eigenvalue weighted by Gasteiger charge is 2.22. The molecule has 0 aromatic heterocycles.